The van der Waals surface area contributed by atoms with Crippen LogP contribution in [0.2, 0.25) is 0 Å². The summed E-state index contributed by atoms with van der Waals surface area (Å²) in [5.41, 5.74) is 0.829. The summed E-state index contributed by atoms with van der Waals surface area (Å²) in [6.07, 6.45) is 0.955. The van der Waals surface area contributed by atoms with Crippen molar-refractivity contribution in [2.24, 2.45) is 0 Å². The number of alkyl halides is 2. The van der Waals surface area contributed by atoms with Crippen LogP contribution in [0.25, 0.3) is 0 Å². The van der Waals surface area contributed by atoms with Gasteiger partial charge < -0.3 is 5.32 Å². The Morgan fingerprint density at radius 1 is 1.50 bits per heavy atom. The van der Waals surface area contributed by atoms with Gasteiger partial charge in [0.1, 0.15) is 0 Å². The maximum Gasteiger partial charge on any atom is 0.183 e. The van der Waals surface area contributed by atoms with Crippen LogP contribution in [0.1, 0.15) is 19.5 Å². The second-order valence-electron chi connectivity index (χ2n) is 3.45. The molecule has 0 saturated carbocycles. The predicted molar refractivity (Wildman–Crippen MR) is 65.0 cm³/mol. The van der Waals surface area contributed by atoms with E-state index in [1.54, 1.807) is 11.3 Å². The molecule has 0 bridgehead atoms. The topological polar surface area (TPSA) is 24.9 Å². The highest BCUT2D eigenvalue weighted by Crippen LogP contribution is 2.22. The molecule has 0 aliphatic carbocycles. The molecule has 1 N–H and O–H groups in total. The number of aryl methyl sites for hydroxylation is 1. The average molecular weight is 253 g/mol. The Balaban J connectivity index is 2.67. The third-order valence-corrected chi connectivity index (χ3v) is 3.90. The minimum Gasteiger partial charge on any atom is -0.354 e. The van der Waals surface area contributed by atoms with Gasteiger partial charge in [0.05, 0.1) is 11.2 Å². The molecule has 5 heteroatoms. The fourth-order valence-electron chi connectivity index (χ4n) is 0.887. The number of rotatable bonds is 5. The molecule has 1 aromatic rings. The Labute approximate surface area is 98.6 Å². The molecule has 0 unspecified atom stereocenters. The molecule has 0 aliphatic heterocycles. The maximum atomic E-state index is 5.83. The van der Waals surface area contributed by atoms with Crippen LogP contribution in [0.3, 0.4) is 0 Å². The Bertz CT molecular complexity index is 284. The van der Waals surface area contributed by atoms with Crippen molar-refractivity contribution in [3.63, 3.8) is 0 Å². The second-order valence-corrected chi connectivity index (χ2v) is 4.84. The van der Waals surface area contributed by atoms with Gasteiger partial charge in [0.25, 0.3) is 0 Å². The number of hydrogen-bond acceptors (Lipinski definition) is 3. The molecule has 14 heavy (non-hydrogen) atoms. The highest BCUT2D eigenvalue weighted by Gasteiger charge is 2.22. The molecule has 0 aliphatic rings. The number of anilines is 1. The van der Waals surface area contributed by atoms with Gasteiger partial charge in [-0.3, -0.25) is 0 Å². The van der Waals surface area contributed by atoms with Crippen molar-refractivity contribution in [2.75, 3.05) is 17.1 Å². The number of hydrogen-bond donors (Lipinski definition) is 1. The monoisotopic (exact) mass is 252 g/mol. The fourth-order valence-corrected chi connectivity index (χ4v) is 2.25. The third kappa shape index (κ3) is 3.01. The molecule has 0 atom stereocenters. The highest BCUT2D eigenvalue weighted by molar-refractivity contribution is 7.13. The molecule has 1 rings (SSSR count). The van der Waals surface area contributed by atoms with Gasteiger partial charge >= 0.3 is 0 Å². The number of nitrogens with zero attached hydrogens (tertiary/aromatic N) is 1. The number of thiazole rings is 1. The van der Waals surface area contributed by atoms with Crippen LogP contribution >= 0.6 is 34.5 Å². The molecule has 80 valence electrons. The summed E-state index contributed by atoms with van der Waals surface area (Å²) in [6, 6.07) is 0. The van der Waals surface area contributed by atoms with Gasteiger partial charge in [0.15, 0.2) is 5.13 Å². The quantitative estimate of drug-likeness (QED) is 0.814. The molecular weight excluding hydrogens is 239 g/mol. The lowest BCUT2D eigenvalue weighted by Gasteiger charge is -2.25. The van der Waals surface area contributed by atoms with Crippen molar-refractivity contribution < 1.29 is 0 Å². The van der Waals surface area contributed by atoms with Crippen LogP contribution < -0.4 is 5.32 Å². The van der Waals surface area contributed by atoms with Crippen molar-refractivity contribution in [3.05, 3.63) is 11.1 Å². The molecule has 0 spiro atoms. The van der Waals surface area contributed by atoms with E-state index in [0.29, 0.717) is 11.8 Å². The van der Waals surface area contributed by atoms with Crippen LogP contribution in [0.5, 0.6) is 0 Å². The molecule has 1 aromatic heterocycles. The SMILES string of the molecule is CCc1csc(NC(C)(CCl)CCl)n1. The van der Waals surface area contributed by atoms with Gasteiger partial charge in [0, 0.05) is 17.1 Å². The van der Waals surface area contributed by atoms with E-state index >= 15 is 0 Å². The van der Waals surface area contributed by atoms with Gasteiger partial charge in [-0.15, -0.1) is 34.5 Å². The van der Waals surface area contributed by atoms with Gasteiger partial charge in [-0.25, -0.2) is 4.98 Å². The molecule has 1 heterocycles. The Morgan fingerprint density at radius 3 is 2.57 bits per heavy atom. The van der Waals surface area contributed by atoms with E-state index in [0.717, 1.165) is 17.2 Å². The predicted octanol–water partition coefficient (Wildman–Crippen LogP) is 3.35. The van der Waals surface area contributed by atoms with Crippen LogP contribution in [-0.4, -0.2) is 22.3 Å². The zero-order valence-corrected chi connectivity index (χ0v) is 10.6. The fraction of sp³-hybridized carbons (Fsp3) is 0.667. The number of aromatic nitrogens is 1. The van der Waals surface area contributed by atoms with E-state index in [1.165, 1.54) is 0 Å². The van der Waals surface area contributed by atoms with Crippen molar-refractivity contribution in [3.8, 4) is 0 Å². The smallest absolute Gasteiger partial charge is 0.183 e. The number of nitrogens with one attached hydrogen (secondary N) is 1. The lowest BCUT2D eigenvalue weighted by atomic mass is 10.1. The Kier molecular flexibility index (Phi) is 4.48. The molecule has 0 saturated heterocycles. The van der Waals surface area contributed by atoms with Crippen LogP contribution in [-0.2, 0) is 6.42 Å². The minimum absolute atomic E-state index is 0.272. The van der Waals surface area contributed by atoms with Crippen LogP contribution in [0.15, 0.2) is 5.38 Å². The normalized spacial score (nSPS) is 11.7. The zero-order valence-electron chi connectivity index (χ0n) is 8.31. The van der Waals surface area contributed by atoms with Crippen molar-refractivity contribution in [1.82, 2.24) is 4.98 Å². The molecule has 0 aromatic carbocycles. The van der Waals surface area contributed by atoms with Gasteiger partial charge in [-0.2, -0.15) is 0 Å². The Morgan fingerprint density at radius 2 is 2.14 bits per heavy atom. The molecular formula is C9H14Cl2N2S. The molecule has 0 radical (unpaired) electrons. The van der Waals surface area contributed by atoms with Crippen LogP contribution in [0.4, 0.5) is 5.13 Å². The van der Waals surface area contributed by atoms with Gasteiger partial charge in [0.2, 0.25) is 0 Å². The molecule has 0 amide bonds. The van der Waals surface area contributed by atoms with E-state index in [1.807, 2.05) is 12.3 Å². The summed E-state index contributed by atoms with van der Waals surface area (Å²) in [7, 11) is 0. The second kappa shape index (κ2) is 5.19. The van der Waals surface area contributed by atoms with E-state index < -0.39 is 0 Å². The van der Waals surface area contributed by atoms with E-state index in [-0.39, 0.29) is 5.54 Å². The first-order valence-corrected chi connectivity index (χ1v) is 6.43. The zero-order chi connectivity index (χ0) is 10.6. The van der Waals surface area contributed by atoms with Gasteiger partial charge in [-0.05, 0) is 13.3 Å². The van der Waals surface area contributed by atoms with E-state index in [2.05, 4.69) is 17.2 Å². The van der Waals surface area contributed by atoms with Crippen molar-refractivity contribution in [1.29, 1.82) is 0 Å². The molecule has 0 fully saturated rings. The average Bonchev–Trinajstić information content (AvgIpc) is 2.65. The van der Waals surface area contributed by atoms with Crippen molar-refractivity contribution >= 4 is 39.7 Å². The van der Waals surface area contributed by atoms with E-state index in [4.69, 9.17) is 23.2 Å². The lowest BCUT2D eigenvalue weighted by molar-refractivity contribution is 0.648. The summed E-state index contributed by atoms with van der Waals surface area (Å²) in [5.74, 6) is 0.940. The summed E-state index contributed by atoms with van der Waals surface area (Å²) >= 11 is 13.3. The minimum atomic E-state index is -0.272. The summed E-state index contributed by atoms with van der Waals surface area (Å²) in [5, 5.41) is 6.19. The lowest BCUT2D eigenvalue weighted by Crippen LogP contribution is -2.38. The van der Waals surface area contributed by atoms with Crippen LogP contribution in [0, 0.1) is 0 Å². The summed E-state index contributed by atoms with van der Waals surface area (Å²) in [6.45, 7) is 4.07. The first kappa shape index (κ1) is 12.1. The first-order valence-electron chi connectivity index (χ1n) is 4.48. The van der Waals surface area contributed by atoms with E-state index in [9.17, 15) is 0 Å². The standard InChI is InChI=1S/C9H14Cl2N2S/c1-3-7-4-14-8(12-7)13-9(2,5-10)6-11/h4H,3,5-6H2,1-2H3,(H,12,13). The Hall–Kier alpha value is 0.01000. The number of halogens is 2. The highest BCUT2D eigenvalue weighted by atomic mass is 35.5. The summed E-state index contributed by atoms with van der Waals surface area (Å²) < 4.78 is 0. The maximum absolute atomic E-state index is 5.83. The first-order chi connectivity index (χ1) is 6.63. The molecule has 2 nitrogen and oxygen atoms in total. The van der Waals surface area contributed by atoms with Crippen molar-refractivity contribution in [2.45, 2.75) is 25.8 Å². The third-order valence-electron chi connectivity index (χ3n) is 1.91. The largest absolute Gasteiger partial charge is 0.354 e. The van der Waals surface area contributed by atoms with Gasteiger partial charge in [-0.1, -0.05) is 6.92 Å². The summed E-state index contributed by atoms with van der Waals surface area (Å²) in [4.78, 5) is 4.40.